The van der Waals surface area contributed by atoms with Gasteiger partial charge in [-0.25, -0.2) is 0 Å². The van der Waals surface area contributed by atoms with Gasteiger partial charge in [-0.2, -0.15) is 0 Å². The summed E-state index contributed by atoms with van der Waals surface area (Å²) in [6.45, 7) is 3.77. The van der Waals surface area contributed by atoms with Gasteiger partial charge >= 0.3 is 0 Å². The Morgan fingerprint density at radius 2 is 1.56 bits per heavy atom. The van der Waals surface area contributed by atoms with Crippen LogP contribution in [0.3, 0.4) is 0 Å². The number of nitrogens with one attached hydrogen (secondary N) is 3. The standard InChI is InChI=1S/C33H31N3O4S/c1-22-11-7-8-18-29(22)35-31(37)23(2)41-28-17-10-15-26(21-28)34-33(39)30(20-24-12-9-16-27(19-24)40-3)36-32(38)25-13-5-4-6-14-25/h4-21,23H,1-3H3,(H,34,39)(H,35,37)(H,36,38)/b30-20-. The van der Waals surface area contributed by atoms with E-state index in [-0.39, 0.29) is 16.9 Å². The molecule has 0 saturated heterocycles. The normalized spacial score (nSPS) is 11.7. The van der Waals surface area contributed by atoms with Crippen molar-refractivity contribution in [1.29, 1.82) is 0 Å². The summed E-state index contributed by atoms with van der Waals surface area (Å²) in [5, 5.41) is 8.20. The molecule has 3 N–H and O–H groups in total. The first-order chi connectivity index (χ1) is 19.8. The second-order valence-corrected chi connectivity index (χ2v) is 10.6. The molecule has 41 heavy (non-hydrogen) atoms. The molecule has 8 heteroatoms. The summed E-state index contributed by atoms with van der Waals surface area (Å²) >= 11 is 1.38. The third-order valence-corrected chi connectivity index (χ3v) is 7.20. The Morgan fingerprint density at radius 1 is 0.829 bits per heavy atom. The largest absolute Gasteiger partial charge is 0.497 e. The van der Waals surface area contributed by atoms with Crippen molar-refractivity contribution in [2.45, 2.75) is 24.0 Å². The van der Waals surface area contributed by atoms with Gasteiger partial charge in [-0.1, -0.05) is 54.6 Å². The number of carbonyl (C=O) groups excluding carboxylic acids is 3. The number of hydrogen-bond acceptors (Lipinski definition) is 5. The fourth-order valence-corrected chi connectivity index (χ4v) is 4.82. The lowest BCUT2D eigenvalue weighted by molar-refractivity contribution is -0.115. The Balaban J connectivity index is 1.50. The van der Waals surface area contributed by atoms with Gasteiger partial charge in [0.2, 0.25) is 5.91 Å². The molecule has 0 aliphatic carbocycles. The van der Waals surface area contributed by atoms with Crippen molar-refractivity contribution in [3.63, 3.8) is 0 Å². The van der Waals surface area contributed by atoms with Crippen LogP contribution in [0.4, 0.5) is 11.4 Å². The zero-order chi connectivity index (χ0) is 29.2. The van der Waals surface area contributed by atoms with Crippen LogP contribution < -0.4 is 20.7 Å². The van der Waals surface area contributed by atoms with Gasteiger partial charge in [0.1, 0.15) is 11.4 Å². The topological polar surface area (TPSA) is 96.5 Å². The van der Waals surface area contributed by atoms with Crippen LogP contribution in [0.1, 0.15) is 28.4 Å². The summed E-state index contributed by atoms with van der Waals surface area (Å²) in [6, 6.07) is 30.7. The van der Waals surface area contributed by atoms with Gasteiger partial charge in [0, 0.05) is 21.8 Å². The highest BCUT2D eigenvalue weighted by Gasteiger charge is 2.18. The Labute approximate surface area is 244 Å². The third kappa shape index (κ3) is 8.33. The van der Waals surface area contributed by atoms with Crippen LogP contribution in [0.25, 0.3) is 6.08 Å². The number of rotatable bonds is 10. The highest BCUT2D eigenvalue weighted by atomic mass is 32.2. The minimum absolute atomic E-state index is 0.0659. The summed E-state index contributed by atoms with van der Waals surface area (Å²) in [5.74, 6) is -0.402. The molecule has 0 aromatic heterocycles. The summed E-state index contributed by atoms with van der Waals surface area (Å²) in [6.07, 6.45) is 1.59. The number of ether oxygens (including phenoxy) is 1. The summed E-state index contributed by atoms with van der Waals surface area (Å²) in [5.41, 5.74) is 3.46. The minimum atomic E-state index is -0.496. The molecule has 0 spiro atoms. The zero-order valence-electron chi connectivity index (χ0n) is 23.0. The Kier molecular flexibility index (Phi) is 9.96. The molecule has 4 rings (SSSR count). The summed E-state index contributed by atoms with van der Waals surface area (Å²) < 4.78 is 5.30. The number of benzene rings is 4. The van der Waals surface area contributed by atoms with E-state index in [1.165, 1.54) is 11.8 Å². The van der Waals surface area contributed by atoms with Crippen LogP contribution in [0.5, 0.6) is 5.75 Å². The quantitative estimate of drug-likeness (QED) is 0.150. The molecule has 0 aliphatic heterocycles. The molecule has 3 amide bonds. The predicted molar refractivity (Wildman–Crippen MR) is 165 cm³/mol. The lowest BCUT2D eigenvalue weighted by Crippen LogP contribution is -2.30. The van der Waals surface area contributed by atoms with Gasteiger partial charge in [0.05, 0.1) is 12.4 Å². The fraction of sp³-hybridized carbons (Fsp3) is 0.121. The molecule has 1 unspecified atom stereocenters. The molecule has 0 aliphatic rings. The van der Waals surface area contributed by atoms with Crippen molar-refractivity contribution in [2.24, 2.45) is 0 Å². The summed E-state index contributed by atoms with van der Waals surface area (Å²) in [4.78, 5) is 39.9. The number of amides is 3. The van der Waals surface area contributed by atoms with Gasteiger partial charge in [-0.15, -0.1) is 11.8 Å². The van der Waals surface area contributed by atoms with Crippen LogP contribution in [0.2, 0.25) is 0 Å². The van der Waals surface area contributed by atoms with E-state index in [2.05, 4.69) is 16.0 Å². The lowest BCUT2D eigenvalue weighted by Gasteiger charge is -2.15. The van der Waals surface area contributed by atoms with Crippen LogP contribution in [-0.4, -0.2) is 30.1 Å². The van der Waals surface area contributed by atoms with E-state index in [9.17, 15) is 14.4 Å². The molecule has 0 heterocycles. The first kappa shape index (κ1) is 29.2. The van der Waals surface area contributed by atoms with Crippen molar-refractivity contribution >= 4 is 46.9 Å². The SMILES string of the molecule is COc1cccc(/C=C(\NC(=O)c2ccccc2)C(=O)Nc2cccc(SC(C)C(=O)Nc3ccccc3C)c2)c1. The van der Waals surface area contributed by atoms with Gasteiger partial charge in [-0.3, -0.25) is 14.4 Å². The number of anilines is 2. The molecule has 0 bridgehead atoms. The molecule has 1 atom stereocenters. The molecule has 7 nitrogen and oxygen atoms in total. The Bertz CT molecular complexity index is 1570. The first-order valence-electron chi connectivity index (χ1n) is 13.0. The van der Waals surface area contributed by atoms with Crippen LogP contribution >= 0.6 is 11.8 Å². The van der Waals surface area contributed by atoms with Crippen molar-refractivity contribution in [2.75, 3.05) is 17.7 Å². The van der Waals surface area contributed by atoms with Gasteiger partial charge in [0.15, 0.2) is 0 Å². The maximum atomic E-state index is 13.4. The first-order valence-corrected chi connectivity index (χ1v) is 13.9. The number of carbonyl (C=O) groups is 3. The van der Waals surface area contributed by atoms with E-state index in [1.807, 2.05) is 56.3 Å². The number of para-hydroxylation sites is 1. The van der Waals surface area contributed by atoms with Crippen molar-refractivity contribution in [3.05, 3.63) is 126 Å². The monoisotopic (exact) mass is 565 g/mol. The minimum Gasteiger partial charge on any atom is -0.497 e. The zero-order valence-corrected chi connectivity index (χ0v) is 23.8. The number of methoxy groups -OCH3 is 1. The van der Waals surface area contributed by atoms with Crippen molar-refractivity contribution in [1.82, 2.24) is 5.32 Å². The van der Waals surface area contributed by atoms with E-state index in [0.717, 1.165) is 16.1 Å². The van der Waals surface area contributed by atoms with Crippen molar-refractivity contribution < 1.29 is 19.1 Å². The highest BCUT2D eigenvalue weighted by molar-refractivity contribution is 8.00. The third-order valence-electron chi connectivity index (χ3n) is 6.11. The van der Waals surface area contributed by atoms with Crippen LogP contribution in [-0.2, 0) is 9.59 Å². The van der Waals surface area contributed by atoms with Gasteiger partial charge < -0.3 is 20.7 Å². The van der Waals surface area contributed by atoms with E-state index in [1.54, 1.807) is 73.8 Å². The van der Waals surface area contributed by atoms with E-state index in [4.69, 9.17) is 4.74 Å². The number of thioether (sulfide) groups is 1. The smallest absolute Gasteiger partial charge is 0.272 e. The Hall–Kier alpha value is -4.82. The molecule has 0 saturated carbocycles. The number of hydrogen-bond donors (Lipinski definition) is 3. The number of aryl methyl sites for hydroxylation is 1. The average molecular weight is 566 g/mol. The molecule has 4 aromatic carbocycles. The second kappa shape index (κ2) is 14.0. The molecule has 4 aromatic rings. The Morgan fingerprint density at radius 3 is 2.32 bits per heavy atom. The molecule has 0 fully saturated rings. The second-order valence-electron chi connectivity index (χ2n) is 9.20. The molecular formula is C33H31N3O4S. The van der Waals surface area contributed by atoms with Crippen molar-refractivity contribution in [3.8, 4) is 5.75 Å². The average Bonchev–Trinajstić information content (AvgIpc) is 2.98. The van der Waals surface area contributed by atoms with E-state index >= 15 is 0 Å². The summed E-state index contributed by atoms with van der Waals surface area (Å²) in [7, 11) is 1.56. The van der Waals surface area contributed by atoms with Gasteiger partial charge in [0.25, 0.3) is 11.8 Å². The maximum Gasteiger partial charge on any atom is 0.272 e. The van der Waals surface area contributed by atoms with Crippen LogP contribution in [0, 0.1) is 6.92 Å². The predicted octanol–water partition coefficient (Wildman–Crippen LogP) is 6.53. The molecular weight excluding hydrogens is 534 g/mol. The highest BCUT2D eigenvalue weighted by Crippen LogP contribution is 2.27. The van der Waals surface area contributed by atoms with Gasteiger partial charge in [-0.05, 0) is 79.6 Å². The lowest BCUT2D eigenvalue weighted by atomic mass is 10.1. The molecule has 0 radical (unpaired) electrons. The van der Waals surface area contributed by atoms with E-state index in [0.29, 0.717) is 22.6 Å². The fourth-order valence-electron chi connectivity index (χ4n) is 3.89. The van der Waals surface area contributed by atoms with E-state index < -0.39 is 11.8 Å². The van der Waals surface area contributed by atoms with Crippen LogP contribution in [0.15, 0.2) is 114 Å². The molecule has 208 valence electrons. The maximum absolute atomic E-state index is 13.4.